The van der Waals surface area contributed by atoms with Crippen molar-refractivity contribution in [2.24, 2.45) is 16.8 Å². The molecular formula is C13H21BrF3N3. The van der Waals surface area contributed by atoms with Gasteiger partial charge in [-0.25, -0.2) is 0 Å². The summed E-state index contributed by atoms with van der Waals surface area (Å²) in [6.07, 6.45) is -2.12. The maximum atomic E-state index is 12.7. The van der Waals surface area contributed by atoms with E-state index >= 15 is 0 Å². The molecule has 1 fully saturated rings. The molecule has 0 saturated heterocycles. The highest BCUT2D eigenvalue weighted by molar-refractivity contribution is 9.11. The molecule has 0 aromatic carbocycles. The Morgan fingerprint density at radius 1 is 1.35 bits per heavy atom. The number of nitrogens with one attached hydrogen (secondary N) is 2. The molecule has 0 bridgehead atoms. The third-order valence-corrected chi connectivity index (χ3v) is 3.76. The van der Waals surface area contributed by atoms with Crippen molar-refractivity contribution < 1.29 is 13.2 Å². The first kappa shape index (κ1) is 17.3. The summed E-state index contributed by atoms with van der Waals surface area (Å²) in [6, 6.07) is 0. The second kappa shape index (κ2) is 7.90. The van der Waals surface area contributed by atoms with Crippen LogP contribution in [0.1, 0.15) is 25.7 Å². The minimum Gasteiger partial charge on any atom is -0.356 e. The third kappa shape index (κ3) is 6.15. The third-order valence-electron chi connectivity index (χ3n) is 3.48. The van der Waals surface area contributed by atoms with Gasteiger partial charge in [0.15, 0.2) is 5.96 Å². The minimum atomic E-state index is -4.06. The Morgan fingerprint density at radius 3 is 2.60 bits per heavy atom. The molecule has 0 amide bonds. The van der Waals surface area contributed by atoms with E-state index < -0.39 is 12.1 Å². The van der Waals surface area contributed by atoms with Crippen molar-refractivity contribution >= 4 is 21.9 Å². The van der Waals surface area contributed by atoms with Crippen molar-refractivity contribution in [3.63, 3.8) is 0 Å². The van der Waals surface area contributed by atoms with Gasteiger partial charge in [-0.2, -0.15) is 13.2 Å². The molecule has 7 heteroatoms. The lowest BCUT2D eigenvalue weighted by Crippen LogP contribution is -2.41. The molecule has 2 atom stereocenters. The second-order valence-electron chi connectivity index (χ2n) is 5.10. The molecule has 20 heavy (non-hydrogen) atoms. The summed E-state index contributed by atoms with van der Waals surface area (Å²) in [5.41, 5.74) is 0. The van der Waals surface area contributed by atoms with Gasteiger partial charge in [-0.3, -0.25) is 4.99 Å². The fourth-order valence-electron chi connectivity index (χ4n) is 2.41. The molecule has 0 aromatic rings. The van der Waals surface area contributed by atoms with Crippen molar-refractivity contribution in [2.75, 3.05) is 20.1 Å². The smallest absolute Gasteiger partial charge is 0.356 e. The highest BCUT2D eigenvalue weighted by Gasteiger charge is 2.41. The number of guanidine groups is 1. The molecule has 1 aliphatic carbocycles. The fourth-order valence-corrected chi connectivity index (χ4v) is 2.56. The first-order chi connectivity index (χ1) is 9.32. The number of aliphatic imine (C=N–C) groups is 1. The van der Waals surface area contributed by atoms with Gasteiger partial charge in [-0.1, -0.05) is 28.9 Å². The minimum absolute atomic E-state index is 0.0427. The molecule has 2 unspecified atom stereocenters. The van der Waals surface area contributed by atoms with Crippen LogP contribution >= 0.6 is 15.9 Å². The van der Waals surface area contributed by atoms with Crippen molar-refractivity contribution in [1.82, 2.24) is 10.6 Å². The van der Waals surface area contributed by atoms with Crippen LogP contribution in [-0.2, 0) is 0 Å². The molecule has 3 nitrogen and oxygen atoms in total. The summed E-state index contributed by atoms with van der Waals surface area (Å²) < 4.78 is 38.9. The van der Waals surface area contributed by atoms with Crippen LogP contribution in [0.4, 0.5) is 13.2 Å². The van der Waals surface area contributed by atoms with Gasteiger partial charge in [-0.05, 0) is 25.2 Å². The van der Waals surface area contributed by atoms with Gasteiger partial charge < -0.3 is 10.6 Å². The van der Waals surface area contributed by atoms with Gasteiger partial charge in [0.05, 0.1) is 5.92 Å². The summed E-state index contributed by atoms with van der Waals surface area (Å²) in [4.78, 5) is 4.02. The van der Waals surface area contributed by atoms with Crippen molar-refractivity contribution in [3.8, 4) is 0 Å². The molecule has 0 radical (unpaired) electrons. The van der Waals surface area contributed by atoms with Crippen LogP contribution in [0.5, 0.6) is 0 Å². The molecule has 1 rings (SSSR count). The van der Waals surface area contributed by atoms with Crippen molar-refractivity contribution in [2.45, 2.75) is 31.9 Å². The number of hydrogen-bond acceptors (Lipinski definition) is 1. The first-order valence-corrected chi connectivity index (χ1v) is 7.46. The SMILES string of the molecule is C=C(Br)CNC(=NC)NCC1CCCC(C(F)(F)F)C1. The summed E-state index contributed by atoms with van der Waals surface area (Å²) in [7, 11) is 1.63. The van der Waals surface area contributed by atoms with Gasteiger partial charge in [-0.15, -0.1) is 0 Å². The van der Waals surface area contributed by atoms with E-state index in [0.29, 0.717) is 25.5 Å². The van der Waals surface area contributed by atoms with Crippen LogP contribution in [0.3, 0.4) is 0 Å². The van der Waals surface area contributed by atoms with Crippen LogP contribution in [0.2, 0.25) is 0 Å². The normalized spacial score (nSPS) is 24.4. The number of nitrogens with zero attached hydrogens (tertiary/aromatic N) is 1. The topological polar surface area (TPSA) is 36.4 Å². The van der Waals surface area contributed by atoms with Gasteiger partial charge in [0.1, 0.15) is 0 Å². The maximum absolute atomic E-state index is 12.7. The molecular weight excluding hydrogens is 335 g/mol. The van der Waals surface area contributed by atoms with E-state index in [4.69, 9.17) is 0 Å². The molecule has 116 valence electrons. The monoisotopic (exact) mass is 355 g/mol. The number of hydrogen-bond donors (Lipinski definition) is 2. The van der Waals surface area contributed by atoms with Crippen LogP contribution < -0.4 is 10.6 Å². The zero-order valence-corrected chi connectivity index (χ0v) is 13.1. The van der Waals surface area contributed by atoms with Crippen LogP contribution in [0.15, 0.2) is 16.1 Å². The van der Waals surface area contributed by atoms with Crippen LogP contribution in [0, 0.1) is 11.8 Å². The second-order valence-corrected chi connectivity index (χ2v) is 6.22. The van der Waals surface area contributed by atoms with Gasteiger partial charge in [0.25, 0.3) is 0 Å². The highest BCUT2D eigenvalue weighted by atomic mass is 79.9. The Morgan fingerprint density at radius 2 is 2.05 bits per heavy atom. The summed E-state index contributed by atoms with van der Waals surface area (Å²) >= 11 is 3.22. The average Bonchev–Trinajstić information content (AvgIpc) is 2.38. The lowest BCUT2D eigenvalue weighted by molar-refractivity contribution is -0.185. The van der Waals surface area contributed by atoms with Gasteiger partial charge >= 0.3 is 6.18 Å². The summed E-state index contributed by atoms with van der Waals surface area (Å²) in [6.45, 7) is 4.73. The van der Waals surface area contributed by atoms with Crippen molar-refractivity contribution in [1.29, 1.82) is 0 Å². The average molecular weight is 356 g/mol. The van der Waals surface area contributed by atoms with E-state index in [0.717, 1.165) is 10.9 Å². The van der Waals surface area contributed by atoms with E-state index in [2.05, 4.69) is 38.1 Å². The lowest BCUT2D eigenvalue weighted by atomic mass is 9.81. The van der Waals surface area contributed by atoms with Crippen LogP contribution in [-0.4, -0.2) is 32.3 Å². The quantitative estimate of drug-likeness (QED) is 0.598. The number of rotatable bonds is 4. The highest BCUT2D eigenvalue weighted by Crippen LogP contribution is 2.39. The lowest BCUT2D eigenvalue weighted by Gasteiger charge is -2.30. The molecule has 0 aromatic heterocycles. The zero-order chi connectivity index (χ0) is 15.2. The maximum Gasteiger partial charge on any atom is 0.391 e. The fraction of sp³-hybridized carbons (Fsp3) is 0.769. The zero-order valence-electron chi connectivity index (χ0n) is 11.6. The van der Waals surface area contributed by atoms with E-state index in [1.54, 1.807) is 7.05 Å². The Labute approximate surface area is 126 Å². The summed E-state index contributed by atoms with van der Waals surface area (Å²) in [5, 5.41) is 6.10. The van der Waals surface area contributed by atoms with E-state index in [-0.39, 0.29) is 18.8 Å². The Hall–Kier alpha value is -0.720. The first-order valence-electron chi connectivity index (χ1n) is 6.67. The Balaban J connectivity index is 2.38. The molecule has 0 aliphatic heterocycles. The van der Waals surface area contributed by atoms with Crippen molar-refractivity contribution in [3.05, 3.63) is 11.1 Å². The van der Waals surface area contributed by atoms with E-state index in [9.17, 15) is 13.2 Å². The Bertz CT molecular complexity index is 355. The Kier molecular flexibility index (Phi) is 6.85. The molecule has 2 N–H and O–H groups in total. The number of halogens is 4. The standard InChI is InChI=1S/C13H21BrF3N3/c1-9(14)7-19-12(18-2)20-8-10-4-3-5-11(6-10)13(15,16)17/h10-11H,1,3-8H2,2H3,(H2,18,19,20). The molecule has 1 aliphatic rings. The van der Waals surface area contributed by atoms with E-state index in [1.165, 1.54) is 0 Å². The van der Waals surface area contributed by atoms with Gasteiger partial charge in [0.2, 0.25) is 0 Å². The van der Waals surface area contributed by atoms with Gasteiger partial charge in [0, 0.05) is 24.6 Å². The predicted octanol–water partition coefficient (Wildman–Crippen LogP) is 3.43. The van der Waals surface area contributed by atoms with Crippen LogP contribution in [0.25, 0.3) is 0 Å². The predicted molar refractivity (Wildman–Crippen MR) is 78.9 cm³/mol. The summed E-state index contributed by atoms with van der Waals surface area (Å²) in [5.74, 6) is -0.527. The van der Waals surface area contributed by atoms with E-state index in [1.807, 2.05) is 0 Å². The largest absolute Gasteiger partial charge is 0.391 e. The molecule has 1 saturated carbocycles. The number of alkyl halides is 3. The molecule has 0 spiro atoms. The molecule has 0 heterocycles.